The van der Waals surface area contributed by atoms with Crippen molar-refractivity contribution in [2.45, 2.75) is 12.3 Å². The summed E-state index contributed by atoms with van der Waals surface area (Å²) >= 11 is 0. The van der Waals surface area contributed by atoms with E-state index in [-0.39, 0.29) is 29.5 Å². The van der Waals surface area contributed by atoms with Gasteiger partial charge in [-0.1, -0.05) is 12.1 Å². The molecule has 8 heteroatoms. The molecule has 2 heterocycles. The number of carboxylic acid groups (broad SMARTS) is 1. The van der Waals surface area contributed by atoms with Crippen molar-refractivity contribution in [1.82, 2.24) is 4.57 Å². The van der Waals surface area contributed by atoms with Crippen LogP contribution in [0.1, 0.15) is 34.0 Å². The number of aromatic carboxylic acids is 1. The Kier molecular flexibility index (Phi) is 5.29. The summed E-state index contributed by atoms with van der Waals surface area (Å²) in [5.41, 5.74) is 2.44. The molecule has 3 aromatic rings. The number of fused-ring (bicyclic) bond motifs is 1. The summed E-state index contributed by atoms with van der Waals surface area (Å²) in [5, 5.41) is 12.6. The molecule has 1 aliphatic rings. The van der Waals surface area contributed by atoms with Gasteiger partial charge in [0.15, 0.2) is 0 Å². The Hall–Kier alpha value is -3.94. The second kappa shape index (κ2) is 8.06. The van der Waals surface area contributed by atoms with Crippen LogP contribution in [-0.4, -0.2) is 42.9 Å². The van der Waals surface area contributed by atoms with E-state index < -0.39 is 5.97 Å². The molecule has 0 fully saturated rings. The summed E-state index contributed by atoms with van der Waals surface area (Å²) in [4.78, 5) is 24.5. The third kappa shape index (κ3) is 3.56. The van der Waals surface area contributed by atoms with Gasteiger partial charge in [0.05, 0.1) is 38.4 Å². The fraction of sp³-hybridized carbons (Fsp3) is 0.217. The molecule has 1 aromatic heterocycles. The van der Waals surface area contributed by atoms with Crippen LogP contribution in [0.3, 0.4) is 0 Å². The monoisotopic (exact) mass is 422 g/mol. The number of amides is 1. The van der Waals surface area contributed by atoms with Crippen molar-refractivity contribution in [3.63, 3.8) is 0 Å². The van der Waals surface area contributed by atoms with Crippen LogP contribution < -0.4 is 19.5 Å². The van der Waals surface area contributed by atoms with E-state index in [4.69, 9.17) is 14.2 Å². The summed E-state index contributed by atoms with van der Waals surface area (Å²) < 4.78 is 17.9. The number of carboxylic acids is 1. The van der Waals surface area contributed by atoms with Crippen LogP contribution >= 0.6 is 0 Å². The summed E-state index contributed by atoms with van der Waals surface area (Å²) in [6.07, 6.45) is 1.68. The molecule has 31 heavy (non-hydrogen) atoms. The third-order valence-corrected chi connectivity index (χ3v) is 5.42. The minimum Gasteiger partial charge on any atom is -0.497 e. The standard InChI is InChI=1S/C23H22N2O6/c1-29-14-6-4-13(5-7-14)16-11-20(26)24-21-17(23(27)28)12-25(22(16)21)18-10-15(30-2)8-9-19(18)31-3/h4-10,12,16H,11H2,1-3H3,(H,24,26)(H,27,28)/t16-/m1/s1. The van der Waals surface area contributed by atoms with E-state index in [0.717, 1.165) is 5.56 Å². The van der Waals surface area contributed by atoms with Crippen molar-refractivity contribution in [2.24, 2.45) is 0 Å². The highest BCUT2D eigenvalue weighted by Crippen LogP contribution is 2.43. The number of methoxy groups -OCH3 is 3. The number of aromatic nitrogens is 1. The van der Waals surface area contributed by atoms with E-state index in [9.17, 15) is 14.7 Å². The normalized spacial score (nSPS) is 15.1. The van der Waals surface area contributed by atoms with Gasteiger partial charge in [-0.15, -0.1) is 0 Å². The molecule has 0 bridgehead atoms. The van der Waals surface area contributed by atoms with Crippen molar-refractivity contribution in [2.75, 3.05) is 26.6 Å². The molecule has 2 aromatic carbocycles. The van der Waals surface area contributed by atoms with Gasteiger partial charge in [0, 0.05) is 24.6 Å². The molecule has 0 aliphatic carbocycles. The molecule has 1 amide bonds. The van der Waals surface area contributed by atoms with Crippen LogP contribution in [0.25, 0.3) is 5.69 Å². The number of nitrogens with zero attached hydrogens (tertiary/aromatic N) is 1. The number of carbonyl (C=O) groups is 2. The van der Waals surface area contributed by atoms with Gasteiger partial charge in [-0.05, 0) is 29.8 Å². The first kappa shape index (κ1) is 20.3. The highest BCUT2D eigenvalue weighted by molar-refractivity contribution is 6.04. The van der Waals surface area contributed by atoms with Crippen LogP contribution in [0.15, 0.2) is 48.7 Å². The van der Waals surface area contributed by atoms with Crippen LogP contribution in [0.2, 0.25) is 0 Å². The van der Waals surface area contributed by atoms with Crippen LogP contribution in [0.5, 0.6) is 17.2 Å². The first-order valence-corrected chi connectivity index (χ1v) is 9.61. The lowest BCUT2D eigenvalue weighted by Gasteiger charge is -2.27. The molecule has 1 atom stereocenters. The van der Waals surface area contributed by atoms with E-state index in [2.05, 4.69) is 5.32 Å². The number of nitrogens with one attached hydrogen (secondary N) is 1. The molecule has 2 N–H and O–H groups in total. The minimum atomic E-state index is -1.13. The molecule has 0 unspecified atom stereocenters. The van der Waals surface area contributed by atoms with E-state index in [1.54, 1.807) is 44.1 Å². The first-order valence-electron chi connectivity index (χ1n) is 9.61. The Morgan fingerprint density at radius 2 is 1.71 bits per heavy atom. The molecular formula is C23H22N2O6. The van der Waals surface area contributed by atoms with E-state index >= 15 is 0 Å². The van der Waals surface area contributed by atoms with Crippen LogP contribution in [0, 0.1) is 0 Å². The molecule has 0 radical (unpaired) electrons. The van der Waals surface area contributed by atoms with Crippen LogP contribution in [-0.2, 0) is 4.79 Å². The predicted octanol–water partition coefficient (Wildman–Crippen LogP) is 3.68. The number of carbonyl (C=O) groups excluding carboxylic acids is 1. The number of hydrogen-bond acceptors (Lipinski definition) is 5. The molecular weight excluding hydrogens is 400 g/mol. The van der Waals surface area contributed by atoms with Crippen molar-refractivity contribution in [3.8, 4) is 22.9 Å². The number of hydrogen-bond donors (Lipinski definition) is 2. The molecule has 160 valence electrons. The van der Waals surface area contributed by atoms with E-state index in [0.29, 0.717) is 28.6 Å². The maximum Gasteiger partial charge on any atom is 0.339 e. The zero-order valence-electron chi connectivity index (χ0n) is 17.3. The molecule has 0 spiro atoms. The van der Waals surface area contributed by atoms with Crippen LogP contribution in [0.4, 0.5) is 5.69 Å². The average Bonchev–Trinajstić information content (AvgIpc) is 3.17. The number of ether oxygens (including phenoxy) is 3. The Morgan fingerprint density at radius 3 is 2.32 bits per heavy atom. The van der Waals surface area contributed by atoms with Gasteiger partial charge >= 0.3 is 5.97 Å². The second-order valence-corrected chi connectivity index (χ2v) is 7.09. The summed E-state index contributed by atoms with van der Waals surface area (Å²) in [7, 11) is 4.68. The summed E-state index contributed by atoms with van der Waals surface area (Å²) in [6.45, 7) is 0. The smallest absolute Gasteiger partial charge is 0.339 e. The highest BCUT2D eigenvalue weighted by Gasteiger charge is 2.35. The van der Waals surface area contributed by atoms with E-state index in [1.807, 2.05) is 24.3 Å². The summed E-state index contributed by atoms with van der Waals surface area (Å²) in [6, 6.07) is 12.7. The van der Waals surface area contributed by atoms with Gasteiger partial charge in [-0.2, -0.15) is 0 Å². The molecule has 4 rings (SSSR count). The number of anilines is 1. The Bertz CT molecular complexity index is 1150. The van der Waals surface area contributed by atoms with Gasteiger partial charge in [-0.3, -0.25) is 4.79 Å². The van der Waals surface area contributed by atoms with Crippen molar-refractivity contribution in [3.05, 3.63) is 65.5 Å². The molecule has 0 saturated carbocycles. The average molecular weight is 422 g/mol. The highest BCUT2D eigenvalue weighted by atomic mass is 16.5. The fourth-order valence-corrected chi connectivity index (χ4v) is 3.93. The van der Waals surface area contributed by atoms with Crippen molar-refractivity contribution >= 4 is 17.6 Å². The lowest BCUT2D eigenvalue weighted by atomic mass is 9.88. The topological polar surface area (TPSA) is 99.0 Å². The molecule has 1 aliphatic heterocycles. The number of rotatable bonds is 6. The lowest BCUT2D eigenvalue weighted by Crippen LogP contribution is -2.25. The summed E-state index contributed by atoms with van der Waals surface area (Å²) in [5.74, 6) is 0.0922. The van der Waals surface area contributed by atoms with E-state index in [1.165, 1.54) is 6.20 Å². The minimum absolute atomic E-state index is 0.00596. The van der Waals surface area contributed by atoms with Gasteiger partial charge in [0.1, 0.15) is 22.8 Å². The Morgan fingerprint density at radius 1 is 1.03 bits per heavy atom. The fourth-order valence-electron chi connectivity index (χ4n) is 3.93. The zero-order valence-corrected chi connectivity index (χ0v) is 17.3. The predicted molar refractivity (Wildman–Crippen MR) is 114 cm³/mol. The number of benzene rings is 2. The molecule has 8 nitrogen and oxygen atoms in total. The van der Waals surface area contributed by atoms with Gasteiger partial charge in [0.2, 0.25) is 5.91 Å². The zero-order chi connectivity index (χ0) is 22.1. The quantitative estimate of drug-likeness (QED) is 0.629. The van der Waals surface area contributed by atoms with Crippen molar-refractivity contribution < 1.29 is 28.9 Å². The van der Waals surface area contributed by atoms with Gasteiger partial charge in [0.25, 0.3) is 0 Å². The maximum atomic E-state index is 12.5. The largest absolute Gasteiger partial charge is 0.497 e. The third-order valence-electron chi connectivity index (χ3n) is 5.42. The van der Waals surface area contributed by atoms with Crippen molar-refractivity contribution in [1.29, 1.82) is 0 Å². The Labute approximate surface area is 179 Å². The van der Waals surface area contributed by atoms with Gasteiger partial charge in [-0.25, -0.2) is 4.79 Å². The SMILES string of the molecule is COc1ccc([C@H]2CC(=O)Nc3c(C(=O)O)cn(-c4cc(OC)ccc4OC)c32)cc1. The first-order chi connectivity index (χ1) is 15.0. The molecule has 0 saturated heterocycles. The van der Waals surface area contributed by atoms with Gasteiger partial charge < -0.3 is 29.2 Å². The Balaban J connectivity index is 1.98. The second-order valence-electron chi connectivity index (χ2n) is 7.09. The lowest BCUT2D eigenvalue weighted by molar-refractivity contribution is -0.116. The maximum absolute atomic E-state index is 12.5.